The van der Waals surface area contributed by atoms with E-state index in [4.69, 9.17) is 0 Å². The Hall–Kier alpha value is -0.655. The van der Waals surface area contributed by atoms with Crippen molar-refractivity contribution in [3.8, 4) is 0 Å². The van der Waals surface area contributed by atoms with Crippen LogP contribution in [0.15, 0.2) is 18.4 Å². The van der Waals surface area contributed by atoms with Gasteiger partial charge >= 0.3 is 74.7 Å². The van der Waals surface area contributed by atoms with Crippen molar-refractivity contribution < 1.29 is 0 Å². The van der Waals surface area contributed by atoms with Crippen LogP contribution in [0.1, 0.15) is 38.1 Å². The Morgan fingerprint density at radius 3 is 2.92 bits per heavy atom. The predicted octanol–water partition coefficient (Wildman–Crippen LogP) is 2.54. The van der Waals surface area contributed by atoms with Crippen LogP contribution in [0.4, 0.5) is 0 Å². The molecular formula is C10H16BN. The number of aryl methyl sites for hydroxylation is 1. The van der Waals surface area contributed by atoms with E-state index in [2.05, 4.69) is 18.8 Å². The van der Waals surface area contributed by atoms with Gasteiger partial charge in [0.15, 0.2) is 0 Å². The summed E-state index contributed by atoms with van der Waals surface area (Å²) in [6.45, 7) is 4.39. The molecule has 1 rings (SSSR count). The third kappa shape index (κ3) is 3.65. The van der Waals surface area contributed by atoms with Crippen molar-refractivity contribution in [1.29, 1.82) is 0 Å². The van der Waals surface area contributed by atoms with Crippen LogP contribution in [0.3, 0.4) is 0 Å². The molecule has 0 radical (unpaired) electrons. The van der Waals surface area contributed by atoms with Crippen molar-refractivity contribution in [2.24, 2.45) is 0 Å². The van der Waals surface area contributed by atoms with Gasteiger partial charge in [-0.25, -0.2) is 0 Å². The summed E-state index contributed by atoms with van der Waals surface area (Å²) in [6.07, 6.45) is 10.3. The first-order chi connectivity index (χ1) is 5.93. The zero-order valence-corrected chi connectivity index (χ0v) is 7.79. The fraction of sp³-hybridized carbons (Fsp3) is 0.600. The number of hydrogen-bond donors (Lipinski definition) is 0. The Bertz CT molecular complexity index is 198. The summed E-state index contributed by atoms with van der Waals surface area (Å²) in [5, 5.41) is 0. The third-order valence-corrected chi connectivity index (χ3v) is 2.04. The number of nitrogens with zero attached hydrogens (tertiary/aromatic N) is 1. The first kappa shape index (κ1) is 9.43. The van der Waals surface area contributed by atoms with Crippen molar-refractivity contribution in [2.75, 3.05) is 0 Å². The summed E-state index contributed by atoms with van der Waals surface area (Å²) in [5.41, 5.74) is 1.37. The average molecular weight is 161 g/mol. The summed E-state index contributed by atoms with van der Waals surface area (Å²) in [5.74, 6) is 2.01. The predicted molar refractivity (Wildman–Crippen MR) is 53.4 cm³/mol. The standard InChI is InChI=1S/C10H16BN/c1-2-3-4-5-6-10-9-12-8-7-11-10/h7-9H,2-6H2,1H3. The summed E-state index contributed by atoms with van der Waals surface area (Å²) < 4.78 is 0. The quantitative estimate of drug-likeness (QED) is 0.604. The molecule has 0 fully saturated rings. The van der Waals surface area contributed by atoms with Crippen molar-refractivity contribution in [1.82, 2.24) is 4.98 Å². The molecule has 1 aromatic rings. The SMILES string of the molecule is CCCCCCc1bccnc1. The molecule has 0 aromatic carbocycles. The van der Waals surface area contributed by atoms with Crippen LogP contribution in [0.2, 0.25) is 0 Å². The molecule has 0 aliphatic heterocycles. The Morgan fingerprint density at radius 2 is 2.25 bits per heavy atom. The van der Waals surface area contributed by atoms with E-state index < -0.39 is 0 Å². The van der Waals surface area contributed by atoms with Gasteiger partial charge in [0.2, 0.25) is 0 Å². The second-order valence-corrected chi connectivity index (χ2v) is 3.17. The number of rotatable bonds is 5. The second kappa shape index (κ2) is 5.93. The van der Waals surface area contributed by atoms with Crippen molar-refractivity contribution >= 4 is 6.91 Å². The van der Waals surface area contributed by atoms with E-state index in [0.717, 1.165) is 0 Å². The Kier molecular flexibility index (Phi) is 4.66. The molecule has 0 amide bonds. The molecule has 0 spiro atoms. The van der Waals surface area contributed by atoms with E-state index in [0.29, 0.717) is 0 Å². The Morgan fingerprint density at radius 1 is 1.33 bits per heavy atom. The van der Waals surface area contributed by atoms with Crippen molar-refractivity contribution in [2.45, 2.75) is 39.0 Å². The molecule has 2 heteroatoms. The van der Waals surface area contributed by atoms with Crippen LogP contribution >= 0.6 is 0 Å². The van der Waals surface area contributed by atoms with Crippen LogP contribution in [0, 0.1) is 0 Å². The molecule has 0 saturated carbocycles. The van der Waals surface area contributed by atoms with Crippen LogP contribution in [-0.4, -0.2) is 11.9 Å². The van der Waals surface area contributed by atoms with Gasteiger partial charge in [-0.2, -0.15) is 0 Å². The van der Waals surface area contributed by atoms with Gasteiger partial charge in [0, 0.05) is 0 Å². The van der Waals surface area contributed by atoms with Gasteiger partial charge in [0.1, 0.15) is 0 Å². The maximum atomic E-state index is 4.08. The summed E-state index contributed by atoms with van der Waals surface area (Å²) >= 11 is 0. The fourth-order valence-corrected chi connectivity index (χ4v) is 1.30. The van der Waals surface area contributed by atoms with Gasteiger partial charge in [0.05, 0.1) is 0 Å². The fourth-order valence-electron chi connectivity index (χ4n) is 1.30. The Balaban J connectivity index is 2.16. The summed E-state index contributed by atoms with van der Waals surface area (Å²) in [6, 6.07) is 0. The normalized spacial score (nSPS) is 9.75. The average Bonchev–Trinajstić information content (AvgIpc) is 2.14. The number of aromatic nitrogens is 1. The van der Waals surface area contributed by atoms with Crippen molar-refractivity contribution in [3.05, 3.63) is 23.8 Å². The molecule has 12 heavy (non-hydrogen) atoms. The molecule has 0 unspecified atom stereocenters. The van der Waals surface area contributed by atoms with E-state index in [1.165, 1.54) is 37.6 Å². The van der Waals surface area contributed by atoms with Crippen LogP contribution in [0.5, 0.6) is 0 Å². The number of unbranched alkanes of at least 4 members (excludes halogenated alkanes) is 3. The van der Waals surface area contributed by atoms with Gasteiger partial charge in [0.25, 0.3) is 0 Å². The van der Waals surface area contributed by atoms with Crippen molar-refractivity contribution in [3.63, 3.8) is 0 Å². The van der Waals surface area contributed by atoms with Gasteiger partial charge in [-0.3, -0.25) is 0 Å². The summed E-state index contributed by atoms with van der Waals surface area (Å²) in [7, 11) is 0. The molecule has 1 aromatic heterocycles. The minimum absolute atomic E-state index is 1.19. The van der Waals surface area contributed by atoms with E-state index >= 15 is 0 Å². The van der Waals surface area contributed by atoms with E-state index in [-0.39, 0.29) is 0 Å². The van der Waals surface area contributed by atoms with Gasteiger partial charge in [-0.1, -0.05) is 0 Å². The van der Waals surface area contributed by atoms with Crippen LogP contribution < -0.4 is 0 Å². The molecule has 0 bridgehead atoms. The van der Waals surface area contributed by atoms with E-state index in [1.54, 1.807) is 0 Å². The molecular weight excluding hydrogens is 145 g/mol. The van der Waals surface area contributed by atoms with Crippen LogP contribution in [-0.2, 0) is 6.42 Å². The van der Waals surface area contributed by atoms with E-state index in [9.17, 15) is 0 Å². The molecule has 0 saturated heterocycles. The second-order valence-electron chi connectivity index (χ2n) is 3.17. The van der Waals surface area contributed by atoms with E-state index in [1.807, 2.05) is 18.4 Å². The Labute approximate surface area is 75.4 Å². The molecule has 1 heterocycles. The molecule has 1 nitrogen and oxygen atoms in total. The monoisotopic (exact) mass is 161 g/mol. The van der Waals surface area contributed by atoms with Crippen LogP contribution in [0.25, 0.3) is 0 Å². The summed E-state index contributed by atoms with van der Waals surface area (Å²) in [4.78, 5) is 4.08. The third-order valence-electron chi connectivity index (χ3n) is 2.04. The first-order valence-corrected chi connectivity index (χ1v) is 4.82. The molecule has 0 N–H and O–H groups in total. The van der Waals surface area contributed by atoms with Gasteiger partial charge < -0.3 is 0 Å². The first-order valence-electron chi connectivity index (χ1n) is 4.82. The van der Waals surface area contributed by atoms with Gasteiger partial charge in [-0.15, -0.1) is 0 Å². The number of hydrogen-bond acceptors (Lipinski definition) is 1. The minimum atomic E-state index is 1.19. The molecule has 0 aliphatic rings. The van der Waals surface area contributed by atoms with Gasteiger partial charge in [-0.05, 0) is 0 Å². The molecule has 0 atom stereocenters. The zero-order valence-electron chi connectivity index (χ0n) is 7.79. The molecule has 64 valence electrons. The topological polar surface area (TPSA) is 12.9 Å². The maximum absolute atomic E-state index is 4.08. The molecule has 0 aliphatic carbocycles. The zero-order chi connectivity index (χ0) is 8.65.